The minimum absolute atomic E-state index is 0.0900. The predicted molar refractivity (Wildman–Crippen MR) is 81.2 cm³/mol. The standard InChI is InChI=1S/C12H22N2O4.C2H2O4/c1-12(2,3)18-11(16)14-6-5-8(13)7-9(14)10(15)17-4;3-1(4)2(5)6/h8-9H,5-7,13H2,1-4H3;(H,3,4)(H,5,6). The average Bonchev–Trinajstić information content (AvgIpc) is 2.44. The Labute approximate surface area is 139 Å². The Hall–Kier alpha value is -2.36. The topological polar surface area (TPSA) is 156 Å². The van der Waals surface area contributed by atoms with Crippen molar-refractivity contribution in [3.05, 3.63) is 0 Å². The molecule has 0 bridgehead atoms. The maximum atomic E-state index is 12.0. The van der Waals surface area contributed by atoms with Crippen LogP contribution in [0.25, 0.3) is 0 Å². The molecule has 1 amide bonds. The highest BCUT2D eigenvalue weighted by atomic mass is 16.6. The summed E-state index contributed by atoms with van der Waals surface area (Å²) >= 11 is 0. The Kier molecular flexibility index (Phi) is 8.17. The van der Waals surface area contributed by atoms with E-state index in [9.17, 15) is 9.59 Å². The molecule has 1 heterocycles. The molecule has 0 saturated carbocycles. The fraction of sp³-hybridized carbons (Fsp3) is 0.714. The molecule has 24 heavy (non-hydrogen) atoms. The van der Waals surface area contributed by atoms with E-state index in [-0.39, 0.29) is 6.04 Å². The second-order valence-electron chi connectivity index (χ2n) is 6.11. The number of hydrogen-bond acceptors (Lipinski definition) is 7. The number of likely N-dealkylation sites (tertiary alicyclic amines) is 1. The number of carboxylic acids is 2. The minimum atomic E-state index is -1.82. The van der Waals surface area contributed by atoms with Crippen LogP contribution in [0.15, 0.2) is 0 Å². The quantitative estimate of drug-likeness (QED) is 0.439. The molecule has 10 heteroatoms. The van der Waals surface area contributed by atoms with E-state index in [1.54, 1.807) is 20.8 Å². The molecule has 0 aliphatic carbocycles. The smallest absolute Gasteiger partial charge is 0.414 e. The van der Waals surface area contributed by atoms with Crippen molar-refractivity contribution in [1.82, 2.24) is 4.90 Å². The van der Waals surface area contributed by atoms with E-state index in [0.717, 1.165) is 0 Å². The molecule has 0 radical (unpaired) electrons. The third-order valence-corrected chi connectivity index (χ3v) is 2.93. The molecule has 0 aromatic heterocycles. The van der Waals surface area contributed by atoms with Crippen LogP contribution in [0.4, 0.5) is 4.79 Å². The van der Waals surface area contributed by atoms with Gasteiger partial charge in [0.05, 0.1) is 7.11 Å². The number of rotatable bonds is 1. The molecule has 0 aromatic carbocycles. The van der Waals surface area contributed by atoms with Crippen molar-refractivity contribution in [1.29, 1.82) is 0 Å². The van der Waals surface area contributed by atoms with Crippen molar-refractivity contribution in [2.75, 3.05) is 13.7 Å². The summed E-state index contributed by atoms with van der Waals surface area (Å²) in [5, 5.41) is 14.8. The predicted octanol–water partition coefficient (Wildman–Crippen LogP) is 0.0418. The van der Waals surface area contributed by atoms with Crippen molar-refractivity contribution in [2.45, 2.75) is 51.3 Å². The van der Waals surface area contributed by atoms with Crippen LogP contribution in [-0.4, -0.2) is 70.5 Å². The van der Waals surface area contributed by atoms with Gasteiger partial charge < -0.3 is 25.4 Å². The van der Waals surface area contributed by atoms with E-state index in [2.05, 4.69) is 0 Å². The average molecular weight is 348 g/mol. The summed E-state index contributed by atoms with van der Waals surface area (Å²) in [6.45, 7) is 5.77. The molecule has 4 N–H and O–H groups in total. The van der Waals surface area contributed by atoms with Crippen LogP contribution in [-0.2, 0) is 23.9 Å². The summed E-state index contributed by atoms with van der Waals surface area (Å²) in [7, 11) is 1.30. The van der Waals surface area contributed by atoms with Crippen LogP contribution in [0.1, 0.15) is 33.6 Å². The zero-order valence-corrected chi connectivity index (χ0v) is 14.1. The van der Waals surface area contributed by atoms with Crippen LogP contribution >= 0.6 is 0 Å². The third kappa shape index (κ3) is 7.77. The lowest BCUT2D eigenvalue weighted by molar-refractivity contribution is -0.159. The number of carboxylic acid groups (broad SMARTS) is 2. The Morgan fingerprint density at radius 1 is 1.12 bits per heavy atom. The Morgan fingerprint density at radius 2 is 1.62 bits per heavy atom. The highest BCUT2D eigenvalue weighted by Gasteiger charge is 2.37. The van der Waals surface area contributed by atoms with Crippen LogP contribution in [0.5, 0.6) is 0 Å². The number of esters is 1. The number of amides is 1. The number of carbonyl (C=O) groups excluding carboxylic acids is 2. The molecule has 1 fully saturated rings. The van der Waals surface area contributed by atoms with Crippen LogP contribution in [0.2, 0.25) is 0 Å². The number of nitrogens with zero attached hydrogens (tertiary/aromatic N) is 1. The minimum Gasteiger partial charge on any atom is -0.473 e. The maximum absolute atomic E-state index is 12.0. The second-order valence-corrected chi connectivity index (χ2v) is 6.11. The van der Waals surface area contributed by atoms with E-state index in [4.69, 9.17) is 35.0 Å². The van der Waals surface area contributed by atoms with Gasteiger partial charge in [-0.2, -0.15) is 0 Å². The van der Waals surface area contributed by atoms with Gasteiger partial charge in [0.15, 0.2) is 0 Å². The lowest BCUT2D eigenvalue weighted by atomic mass is 9.98. The van der Waals surface area contributed by atoms with Crippen molar-refractivity contribution in [3.63, 3.8) is 0 Å². The SMILES string of the molecule is COC(=O)C1CC(N)CCN1C(=O)OC(C)(C)C.O=C(O)C(=O)O. The summed E-state index contributed by atoms with van der Waals surface area (Å²) in [6, 6.07) is -0.735. The number of piperidine rings is 1. The summed E-state index contributed by atoms with van der Waals surface area (Å²) in [5.74, 6) is -4.10. The number of methoxy groups -OCH3 is 1. The maximum Gasteiger partial charge on any atom is 0.414 e. The molecular weight excluding hydrogens is 324 g/mol. The first kappa shape index (κ1) is 21.6. The molecule has 0 spiro atoms. The first-order valence-electron chi connectivity index (χ1n) is 7.18. The van der Waals surface area contributed by atoms with Gasteiger partial charge in [-0.15, -0.1) is 0 Å². The highest BCUT2D eigenvalue weighted by molar-refractivity contribution is 6.27. The lowest BCUT2D eigenvalue weighted by Crippen LogP contribution is -2.54. The molecular formula is C14H24N2O8. The second kappa shape index (κ2) is 9.06. The monoisotopic (exact) mass is 348 g/mol. The number of ether oxygens (including phenoxy) is 2. The fourth-order valence-electron chi connectivity index (χ4n) is 1.89. The summed E-state index contributed by atoms with van der Waals surface area (Å²) in [5.41, 5.74) is 5.23. The zero-order valence-electron chi connectivity index (χ0n) is 14.1. The van der Waals surface area contributed by atoms with E-state index in [0.29, 0.717) is 19.4 Å². The van der Waals surface area contributed by atoms with Gasteiger partial charge in [-0.1, -0.05) is 0 Å². The molecule has 138 valence electrons. The number of aliphatic carboxylic acids is 2. The zero-order chi connectivity index (χ0) is 19.1. The van der Waals surface area contributed by atoms with E-state index in [1.165, 1.54) is 12.0 Å². The van der Waals surface area contributed by atoms with Crippen LogP contribution < -0.4 is 5.73 Å². The molecule has 0 aromatic rings. The molecule has 10 nitrogen and oxygen atoms in total. The summed E-state index contributed by atoms with van der Waals surface area (Å²) in [4.78, 5) is 43.3. The van der Waals surface area contributed by atoms with E-state index in [1.807, 2.05) is 0 Å². The van der Waals surface area contributed by atoms with Gasteiger partial charge in [-0.25, -0.2) is 19.2 Å². The summed E-state index contributed by atoms with van der Waals surface area (Å²) in [6.07, 6.45) is 0.573. The van der Waals surface area contributed by atoms with E-state index < -0.39 is 35.6 Å². The Bertz CT molecular complexity index is 474. The van der Waals surface area contributed by atoms with Gasteiger partial charge >= 0.3 is 24.0 Å². The van der Waals surface area contributed by atoms with Gasteiger partial charge in [0.25, 0.3) is 0 Å². The summed E-state index contributed by atoms with van der Waals surface area (Å²) < 4.78 is 9.98. The highest BCUT2D eigenvalue weighted by Crippen LogP contribution is 2.20. The van der Waals surface area contributed by atoms with Crippen molar-refractivity contribution in [3.8, 4) is 0 Å². The first-order valence-corrected chi connectivity index (χ1v) is 7.18. The Balaban J connectivity index is 0.000000754. The van der Waals surface area contributed by atoms with Crippen molar-refractivity contribution < 1.29 is 38.9 Å². The van der Waals surface area contributed by atoms with Gasteiger partial charge in [-0.3, -0.25) is 4.90 Å². The molecule has 2 unspecified atom stereocenters. The lowest BCUT2D eigenvalue weighted by Gasteiger charge is -2.37. The van der Waals surface area contributed by atoms with Crippen molar-refractivity contribution >= 4 is 24.0 Å². The normalized spacial score (nSPS) is 20.3. The molecule has 2 atom stereocenters. The molecule has 1 saturated heterocycles. The van der Waals surface area contributed by atoms with E-state index >= 15 is 0 Å². The van der Waals surface area contributed by atoms with Gasteiger partial charge in [-0.05, 0) is 33.6 Å². The Morgan fingerprint density at radius 3 is 2.00 bits per heavy atom. The molecule has 1 rings (SSSR count). The van der Waals surface area contributed by atoms with Gasteiger partial charge in [0.1, 0.15) is 11.6 Å². The number of nitrogens with two attached hydrogens (primary N) is 1. The molecule has 1 aliphatic rings. The van der Waals surface area contributed by atoms with Gasteiger partial charge in [0, 0.05) is 12.6 Å². The van der Waals surface area contributed by atoms with Crippen LogP contribution in [0, 0.1) is 0 Å². The first-order chi connectivity index (χ1) is 10.9. The molecule has 1 aliphatic heterocycles. The van der Waals surface area contributed by atoms with Crippen molar-refractivity contribution in [2.24, 2.45) is 5.73 Å². The van der Waals surface area contributed by atoms with Crippen LogP contribution in [0.3, 0.4) is 0 Å². The number of carbonyl (C=O) groups is 4. The van der Waals surface area contributed by atoms with Gasteiger partial charge in [0.2, 0.25) is 0 Å². The number of hydrogen-bond donors (Lipinski definition) is 3. The fourth-order valence-corrected chi connectivity index (χ4v) is 1.89. The largest absolute Gasteiger partial charge is 0.473 e. The third-order valence-electron chi connectivity index (χ3n) is 2.93.